The van der Waals surface area contributed by atoms with Crippen LogP contribution >= 0.6 is 0 Å². The Bertz CT molecular complexity index is 589. The third kappa shape index (κ3) is 3.49. The molecule has 1 saturated carbocycles. The summed E-state index contributed by atoms with van der Waals surface area (Å²) in [5.74, 6) is 2.64. The van der Waals surface area contributed by atoms with E-state index in [0.717, 1.165) is 51.6 Å². The molecule has 2 fully saturated rings. The number of hydrogen-bond acceptors (Lipinski definition) is 6. The number of fused-ring (bicyclic) bond motifs is 1. The van der Waals surface area contributed by atoms with E-state index in [1.54, 1.807) is 7.11 Å². The van der Waals surface area contributed by atoms with Gasteiger partial charge in [0.25, 0.3) is 0 Å². The van der Waals surface area contributed by atoms with Crippen molar-refractivity contribution in [2.45, 2.75) is 38.1 Å². The van der Waals surface area contributed by atoms with E-state index in [4.69, 9.17) is 14.7 Å². The lowest BCUT2D eigenvalue weighted by atomic mass is 10.1. The quantitative estimate of drug-likeness (QED) is 0.884. The molecule has 0 unspecified atom stereocenters. The van der Waals surface area contributed by atoms with Gasteiger partial charge in [-0.1, -0.05) is 0 Å². The van der Waals surface area contributed by atoms with Crippen molar-refractivity contribution >= 4 is 11.8 Å². The second kappa shape index (κ2) is 6.84. The van der Waals surface area contributed by atoms with E-state index in [0.29, 0.717) is 12.0 Å². The maximum Gasteiger partial charge on any atom is 0.225 e. The van der Waals surface area contributed by atoms with Crippen LogP contribution in [-0.4, -0.2) is 67.9 Å². The first-order chi connectivity index (χ1) is 11.7. The largest absolute Gasteiger partial charge is 0.384 e. The molecule has 4 rings (SSSR count). The molecule has 1 atom stereocenters. The van der Waals surface area contributed by atoms with E-state index in [1.165, 1.54) is 36.3 Å². The molecule has 1 aromatic rings. The standard InChI is InChI=1S/C18H29N5O/c1-22-8-6-15-16(7-9-22)20-18(19-14-3-4-14)21-17(15)23-10-5-13(11-23)12-24-2/h13-14H,3-12H2,1-2H3,(H,19,20,21)/t13-/m0/s1. The normalized spacial score (nSPS) is 24.8. The van der Waals surface area contributed by atoms with Crippen molar-refractivity contribution in [1.29, 1.82) is 0 Å². The molecule has 6 heteroatoms. The van der Waals surface area contributed by atoms with Crippen LogP contribution in [0, 0.1) is 5.92 Å². The maximum atomic E-state index is 5.36. The number of anilines is 2. The van der Waals surface area contributed by atoms with Gasteiger partial charge in [-0.3, -0.25) is 0 Å². The van der Waals surface area contributed by atoms with E-state index >= 15 is 0 Å². The van der Waals surface area contributed by atoms with Crippen LogP contribution in [0.4, 0.5) is 11.8 Å². The predicted molar refractivity (Wildman–Crippen MR) is 95.8 cm³/mol. The van der Waals surface area contributed by atoms with Gasteiger partial charge in [-0.25, -0.2) is 4.98 Å². The number of likely N-dealkylation sites (N-methyl/N-ethyl adjacent to an activating group) is 1. The van der Waals surface area contributed by atoms with Gasteiger partial charge in [0.1, 0.15) is 5.82 Å². The molecule has 1 saturated heterocycles. The molecule has 0 spiro atoms. The van der Waals surface area contributed by atoms with Crippen LogP contribution in [0.15, 0.2) is 0 Å². The SMILES string of the molecule is COC[C@H]1CCN(c2nc(NC3CC3)nc3c2CCN(C)CC3)C1. The molecule has 24 heavy (non-hydrogen) atoms. The topological polar surface area (TPSA) is 53.5 Å². The van der Waals surface area contributed by atoms with Crippen LogP contribution in [0.25, 0.3) is 0 Å². The first kappa shape index (κ1) is 16.1. The average molecular weight is 331 g/mol. The molecular weight excluding hydrogens is 302 g/mol. The Balaban J connectivity index is 1.63. The maximum absolute atomic E-state index is 5.36. The lowest BCUT2D eigenvalue weighted by Gasteiger charge is -2.23. The van der Waals surface area contributed by atoms with Gasteiger partial charge in [-0.2, -0.15) is 4.98 Å². The summed E-state index contributed by atoms with van der Waals surface area (Å²) >= 11 is 0. The van der Waals surface area contributed by atoms with E-state index in [1.807, 2.05) is 0 Å². The van der Waals surface area contributed by atoms with Gasteiger partial charge in [-0.15, -0.1) is 0 Å². The summed E-state index contributed by atoms with van der Waals surface area (Å²) in [7, 11) is 4.00. The van der Waals surface area contributed by atoms with E-state index in [2.05, 4.69) is 22.2 Å². The van der Waals surface area contributed by atoms with Crippen LogP contribution in [0.5, 0.6) is 0 Å². The third-order valence-corrected chi connectivity index (χ3v) is 5.44. The van der Waals surface area contributed by atoms with Crippen LogP contribution < -0.4 is 10.2 Å². The van der Waals surface area contributed by atoms with Gasteiger partial charge in [-0.05, 0) is 32.7 Å². The zero-order valence-corrected chi connectivity index (χ0v) is 14.9. The Morgan fingerprint density at radius 2 is 1.96 bits per heavy atom. The van der Waals surface area contributed by atoms with Crippen LogP contribution in [-0.2, 0) is 17.6 Å². The van der Waals surface area contributed by atoms with Gasteiger partial charge >= 0.3 is 0 Å². The third-order valence-electron chi connectivity index (χ3n) is 5.44. The van der Waals surface area contributed by atoms with Gasteiger partial charge < -0.3 is 19.9 Å². The molecule has 1 aromatic heterocycles. The lowest BCUT2D eigenvalue weighted by molar-refractivity contribution is 0.161. The molecule has 1 aliphatic carbocycles. The van der Waals surface area contributed by atoms with Crippen molar-refractivity contribution < 1.29 is 4.74 Å². The molecule has 0 aromatic carbocycles. The highest BCUT2D eigenvalue weighted by Gasteiger charge is 2.29. The van der Waals surface area contributed by atoms with Crippen LogP contribution in [0.1, 0.15) is 30.5 Å². The molecule has 0 bridgehead atoms. The molecule has 132 valence electrons. The van der Waals surface area contributed by atoms with Gasteiger partial charge in [0.15, 0.2) is 0 Å². The number of hydrogen-bond donors (Lipinski definition) is 1. The molecule has 0 radical (unpaired) electrons. The average Bonchev–Trinajstić information content (AvgIpc) is 3.30. The van der Waals surface area contributed by atoms with Crippen molar-refractivity contribution in [2.75, 3.05) is 57.2 Å². The molecule has 3 aliphatic rings. The fourth-order valence-electron chi connectivity index (χ4n) is 3.82. The summed E-state index contributed by atoms with van der Waals surface area (Å²) in [6.07, 6.45) is 5.76. The minimum absolute atomic E-state index is 0.587. The van der Waals surface area contributed by atoms with Crippen molar-refractivity contribution in [3.63, 3.8) is 0 Å². The fraction of sp³-hybridized carbons (Fsp3) is 0.778. The summed E-state index contributed by atoms with van der Waals surface area (Å²) < 4.78 is 5.36. The Morgan fingerprint density at radius 3 is 2.75 bits per heavy atom. The highest BCUT2D eigenvalue weighted by atomic mass is 16.5. The number of ether oxygens (including phenoxy) is 1. The zero-order chi connectivity index (χ0) is 16.5. The van der Waals surface area contributed by atoms with Crippen LogP contribution in [0.3, 0.4) is 0 Å². The summed E-state index contributed by atoms with van der Waals surface area (Å²) in [4.78, 5) is 14.7. The molecule has 2 aliphatic heterocycles. The smallest absolute Gasteiger partial charge is 0.225 e. The van der Waals surface area contributed by atoms with E-state index < -0.39 is 0 Å². The Morgan fingerprint density at radius 1 is 1.12 bits per heavy atom. The van der Waals surface area contributed by atoms with Gasteiger partial charge in [0, 0.05) is 57.2 Å². The van der Waals surface area contributed by atoms with Gasteiger partial charge in [0.2, 0.25) is 5.95 Å². The first-order valence-electron chi connectivity index (χ1n) is 9.31. The minimum atomic E-state index is 0.587. The van der Waals surface area contributed by atoms with Crippen LogP contribution in [0.2, 0.25) is 0 Å². The summed E-state index contributed by atoms with van der Waals surface area (Å²) in [5.41, 5.74) is 2.63. The zero-order valence-electron chi connectivity index (χ0n) is 14.9. The second-order valence-corrected chi connectivity index (χ2v) is 7.57. The first-order valence-corrected chi connectivity index (χ1v) is 9.31. The number of methoxy groups -OCH3 is 1. The molecule has 0 amide bonds. The van der Waals surface area contributed by atoms with Crippen molar-refractivity contribution in [3.05, 3.63) is 11.3 Å². The minimum Gasteiger partial charge on any atom is -0.384 e. The number of aromatic nitrogens is 2. The van der Waals surface area contributed by atoms with Crippen molar-refractivity contribution in [2.24, 2.45) is 5.92 Å². The Kier molecular flexibility index (Phi) is 4.59. The Hall–Kier alpha value is -1.40. The Labute approximate surface area is 144 Å². The summed E-state index contributed by atoms with van der Waals surface area (Å²) in [5, 5.41) is 3.51. The number of rotatable bonds is 5. The molecule has 1 N–H and O–H groups in total. The van der Waals surface area contributed by atoms with Crippen molar-refractivity contribution in [3.8, 4) is 0 Å². The fourth-order valence-corrected chi connectivity index (χ4v) is 3.82. The van der Waals surface area contributed by atoms with Crippen molar-refractivity contribution in [1.82, 2.24) is 14.9 Å². The van der Waals surface area contributed by atoms with E-state index in [-0.39, 0.29) is 0 Å². The molecular formula is C18H29N5O. The molecule has 3 heterocycles. The number of nitrogens with one attached hydrogen (secondary N) is 1. The highest BCUT2D eigenvalue weighted by Crippen LogP contribution is 2.31. The predicted octanol–water partition coefficient (Wildman–Crippen LogP) is 1.55. The van der Waals surface area contributed by atoms with Gasteiger partial charge in [0.05, 0.1) is 12.3 Å². The molecule has 6 nitrogen and oxygen atoms in total. The highest BCUT2D eigenvalue weighted by molar-refractivity contribution is 5.54. The second-order valence-electron chi connectivity index (χ2n) is 7.57. The number of nitrogens with zero attached hydrogens (tertiary/aromatic N) is 4. The summed E-state index contributed by atoms with van der Waals surface area (Å²) in [6.45, 7) is 5.15. The lowest BCUT2D eigenvalue weighted by Crippen LogP contribution is -2.25. The van der Waals surface area contributed by atoms with E-state index in [9.17, 15) is 0 Å². The summed E-state index contributed by atoms with van der Waals surface area (Å²) in [6, 6.07) is 0.587. The monoisotopic (exact) mass is 331 g/mol.